The third-order valence-corrected chi connectivity index (χ3v) is 4.15. The van der Waals surface area contributed by atoms with Crippen molar-refractivity contribution in [1.29, 1.82) is 0 Å². The molecule has 0 saturated carbocycles. The second kappa shape index (κ2) is 6.72. The number of imidazole rings is 1. The highest BCUT2D eigenvalue weighted by molar-refractivity contribution is 5.73. The smallest absolute Gasteiger partial charge is 0.325 e. The number of aromatic nitrogens is 5. The molecule has 1 aromatic carbocycles. The van der Waals surface area contributed by atoms with Crippen LogP contribution in [0.15, 0.2) is 64.6 Å². The Labute approximate surface area is 155 Å². The van der Waals surface area contributed by atoms with E-state index in [1.165, 1.54) is 41.3 Å². The molecule has 10 heteroatoms. The minimum absolute atomic E-state index is 0.0908. The van der Waals surface area contributed by atoms with Crippen molar-refractivity contribution in [3.05, 3.63) is 81.4 Å². The molecule has 0 unspecified atom stereocenters. The zero-order valence-electron chi connectivity index (χ0n) is 14.3. The molecule has 3 N–H and O–H groups in total. The van der Waals surface area contributed by atoms with Gasteiger partial charge in [0, 0.05) is 24.2 Å². The zero-order valence-corrected chi connectivity index (χ0v) is 14.3. The van der Waals surface area contributed by atoms with Crippen LogP contribution in [0.3, 0.4) is 0 Å². The van der Waals surface area contributed by atoms with E-state index in [1.807, 2.05) is 0 Å². The van der Waals surface area contributed by atoms with Crippen LogP contribution in [-0.2, 0) is 5.92 Å². The summed E-state index contributed by atoms with van der Waals surface area (Å²) < 4.78 is 30.4. The molecule has 0 aliphatic heterocycles. The molecule has 0 bridgehead atoms. The first-order chi connectivity index (χ1) is 13.4. The molecule has 0 aliphatic rings. The lowest BCUT2D eigenvalue weighted by molar-refractivity contribution is 0.0106. The van der Waals surface area contributed by atoms with Crippen molar-refractivity contribution < 1.29 is 8.78 Å². The minimum atomic E-state index is -3.12. The van der Waals surface area contributed by atoms with Gasteiger partial charge in [0.25, 0.3) is 11.5 Å². The van der Waals surface area contributed by atoms with Gasteiger partial charge in [-0.15, -0.1) is 0 Å². The van der Waals surface area contributed by atoms with Gasteiger partial charge in [-0.3, -0.25) is 9.78 Å². The van der Waals surface area contributed by atoms with Crippen LogP contribution in [0.25, 0.3) is 16.9 Å². The Hall–Kier alpha value is -3.82. The summed E-state index contributed by atoms with van der Waals surface area (Å²) in [5, 5.41) is 6.94. The Bertz CT molecular complexity index is 1250. The summed E-state index contributed by atoms with van der Waals surface area (Å²) in [7, 11) is 0. The maximum absolute atomic E-state index is 14.5. The van der Waals surface area contributed by atoms with Gasteiger partial charge in [0.1, 0.15) is 5.69 Å². The average molecular weight is 384 g/mol. The normalized spacial score (nSPS) is 11.6. The Balaban J connectivity index is 1.72. The number of nitrogens with one attached hydrogen (secondary N) is 3. The number of benzene rings is 1. The Kier molecular flexibility index (Phi) is 4.22. The number of fused-ring (bicyclic) bond motifs is 1. The molecule has 8 nitrogen and oxygen atoms in total. The topological polar surface area (TPSA) is 108 Å². The standard InChI is InChI=1S/C18H14F2N6O2/c19-18(20,11-4-2-1-3-5-11)10-23-14-8-13(25-26-7-6-21-15(14)26)12-9-22-17(28)24-16(12)27/h1-9,23H,10H2,(H2,22,24,27,28). The van der Waals surface area contributed by atoms with Gasteiger partial charge in [-0.05, 0) is 6.07 Å². The van der Waals surface area contributed by atoms with Crippen molar-refractivity contribution >= 4 is 11.3 Å². The number of hydrogen-bond acceptors (Lipinski definition) is 5. The van der Waals surface area contributed by atoms with Gasteiger partial charge in [0.05, 0.1) is 17.8 Å². The lowest BCUT2D eigenvalue weighted by atomic mass is 10.1. The molecule has 0 amide bonds. The van der Waals surface area contributed by atoms with Crippen LogP contribution >= 0.6 is 0 Å². The van der Waals surface area contributed by atoms with E-state index >= 15 is 0 Å². The van der Waals surface area contributed by atoms with E-state index in [9.17, 15) is 18.4 Å². The molecule has 0 radical (unpaired) electrons. The molecule has 3 heterocycles. The van der Waals surface area contributed by atoms with E-state index < -0.39 is 23.7 Å². The van der Waals surface area contributed by atoms with Gasteiger partial charge < -0.3 is 10.3 Å². The fourth-order valence-corrected chi connectivity index (χ4v) is 2.77. The predicted molar refractivity (Wildman–Crippen MR) is 98.5 cm³/mol. The molecule has 0 spiro atoms. The summed E-state index contributed by atoms with van der Waals surface area (Å²) in [5.41, 5.74) is -0.533. The van der Waals surface area contributed by atoms with E-state index in [-0.39, 0.29) is 22.5 Å². The highest BCUT2D eigenvalue weighted by atomic mass is 19.3. The lowest BCUT2D eigenvalue weighted by Gasteiger charge is -2.18. The molecule has 142 valence electrons. The van der Waals surface area contributed by atoms with Gasteiger partial charge in [0.2, 0.25) is 0 Å². The van der Waals surface area contributed by atoms with E-state index in [0.717, 1.165) is 0 Å². The summed E-state index contributed by atoms with van der Waals surface area (Å²) in [4.78, 5) is 31.8. The van der Waals surface area contributed by atoms with E-state index in [4.69, 9.17) is 0 Å². The number of halogens is 2. The quantitative estimate of drug-likeness (QED) is 0.488. The van der Waals surface area contributed by atoms with Crippen molar-refractivity contribution in [2.45, 2.75) is 5.92 Å². The minimum Gasteiger partial charge on any atom is -0.375 e. The second-order valence-corrected chi connectivity index (χ2v) is 6.05. The summed E-state index contributed by atoms with van der Waals surface area (Å²) >= 11 is 0. The van der Waals surface area contributed by atoms with E-state index in [1.54, 1.807) is 18.2 Å². The van der Waals surface area contributed by atoms with Crippen LogP contribution in [0.1, 0.15) is 5.56 Å². The highest BCUT2D eigenvalue weighted by Crippen LogP contribution is 2.29. The van der Waals surface area contributed by atoms with Crippen molar-refractivity contribution in [2.24, 2.45) is 0 Å². The molecule has 0 aliphatic carbocycles. The Morgan fingerprint density at radius 3 is 2.71 bits per heavy atom. The second-order valence-electron chi connectivity index (χ2n) is 6.05. The van der Waals surface area contributed by atoms with Crippen LogP contribution in [0.5, 0.6) is 0 Å². The van der Waals surface area contributed by atoms with Crippen LogP contribution in [-0.4, -0.2) is 31.1 Å². The molecule has 28 heavy (non-hydrogen) atoms. The van der Waals surface area contributed by atoms with Gasteiger partial charge in [0.15, 0.2) is 5.65 Å². The van der Waals surface area contributed by atoms with Gasteiger partial charge >= 0.3 is 5.69 Å². The molecule has 0 fully saturated rings. The van der Waals surface area contributed by atoms with E-state index in [2.05, 4.69) is 25.4 Å². The summed E-state index contributed by atoms with van der Waals surface area (Å²) in [6.07, 6.45) is 4.21. The fraction of sp³-hybridized carbons (Fsp3) is 0.111. The Morgan fingerprint density at radius 1 is 1.18 bits per heavy atom. The number of nitrogens with zero attached hydrogens (tertiary/aromatic N) is 3. The molecule has 0 atom stereocenters. The molecule has 4 rings (SSSR count). The number of anilines is 1. The first-order valence-corrected chi connectivity index (χ1v) is 8.28. The summed E-state index contributed by atoms with van der Waals surface area (Å²) in [5.74, 6) is -3.12. The Morgan fingerprint density at radius 2 is 1.96 bits per heavy atom. The molecule has 3 aromatic heterocycles. The van der Waals surface area contributed by atoms with Gasteiger partial charge in [-0.25, -0.2) is 14.3 Å². The monoisotopic (exact) mass is 384 g/mol. The fourth-order valence-electron chi connectivity index (χ4n) is 2.77. The number of alkyl halides is 2. The third kappa shape index (κ3) is 3.27. The number of hydrogen-bond donors (Lipinski definition) is 3. The average Bonchev–Trinajstić information content (AvgIpc) is 3.15. The third-order valence-electron chi connectivity index (χ3n) is 4.15. The van der Waals surface area contributed by atoms with Crippen LogP contribution in [0, 0.1) is 0 Å². The van der Waals surface area contributed by atoms with Crippen molar-refractivity contribution in [1.82, 2.24) is 24.6 Å². The van der Waals surface area contributed by atoms with Gasteiger partial charge in [-0.2, -0.15) is 13.9 Å². The maximum atomic E-state index is 14.5. The van der Waals surface area contributed by atoms with E-state index in [0.29, 0.717) is 5.65 Å². The van der Waals surface area contributed by atoms with Crippen LogP contribution in [0.4, 0.5) is 14.5 Å². The maximum Gasteiger partial charge on any atom is 0.325 e. The number of H-pyrrole nitrogens is 2. The molecular weight excluding hydrogens is 370 g/mol. The first kappa shape index (κ1) is 17.6. The van der Waals surface area contributed by atoms with Crippen LogP contribution < -0.4 is 16.6 Å². The van der Waals surface area contributed by atoms with Crippen LogP contribution in [0.2, 0.25) is 0 Å². The largest absolute Gasteiger partial charge is 0.375 e. The molecule has 0 saturated heterocycles. The first-order valence-electron chi connectivity index (χ1n) is 8.28. The SMILES string of the molecule is O=c1[nH]cc(-c2cc(NCC(F)(F)c3ccccc3)c3nccn3n2)c(=O)[nH]1. The van der Waals surface area contributed by atoms with Gasteiger partial charge in [-0.1, -0.05) is 30.3 Å². The lowest BCUT2D eigenvalue weighted by Crippen LogP contribution is -2.25. The molecular formula is C18H14F2N6O2. The number of aromatic amines is 2. The predicted octanol–water partition coefficient (Wildman–Crippen LogP) is 1.98. The van der Waals surface area contributed by atoms with Crippen molar-refractivity contribution in [2.75, 3.05) is 11.9 Å². The van der Waals surface area contributed by atoms with Crippen molar-refractivity contribution in [3.63, 3.8) is 0 Å². The summed E-state index contributed by atoms with van der Waals surface area (Å²) in [6, 6.07) is 8.89. The summed E-state index contributed by atoms with van der Waals surface area (Å²) in [6.45, 7) is -0.676. The highest BCUT2D eigenvalue weighted by Gasteiger charge is 2.31. The van der Waals surface area contributed by atoms with Crippen molar-refractivity contribution in [3.8, 4) is 11.3 Å². The number of rotatable bonds is 5. The molecule has 4 aromatic rings. The zero-order chi connectivity index (χ0) is 19.7.